The van der Waals surface area contributed by atoms with Crippen LogP contribution in [0.5, 0.6) is 17.2 Å². The Morgan fingerprint density at radius 2 is 2.00 bits per heavy atom. The molecule has 2 aliphatic heterocycles. The number of thioether (sulfide) groups is 1. The van der Waals surface area contributed by atoms with Gasteiger partial charge in [-0.05, 0) is 6.42 Å². The standard InChI is InChI=1S/C13H15NO3S/c1-2-3-4-14-13-7-15-11-5-9-10(17-8-16-9)6-12(11)18-13/h5-6H,2-4,7-8H2,1H3. The Morgan fingerprint density at radius 3 is 2.83 bits per heavy atom. The highest BCUT2D eigenvalue weighted by atomic mass is 32.2. The van der Waals surface area contributed by atoms with Crippen LogP contribution in [0.15, 0.2) is 22.0 Å². The van der Waals surface area contributed by atoms with Crippen LogP contribution in [0, 0.1) is 0 Å². The van der Waals surface area contributed by atoms with Crippen LogP contribution >= 0.6 is 11.8 Å². The van der Waals surface area contributed by atoms with E-state index in [1.807, 2.05) is 12.1 Å². The first-order valence-corrected chi connectivity index (χ1v) is 6.96. The van der Waals surface area contributed by atoms with Crippen LogP contribution < -0.4 is 14.2 Å². The van der Waals surface area contributed by atoms with E-state index in [-0.39, 0.29) is 0 Å². The van der Waals surface area contributed by atoms with Crippen LogP contribution in [0.3, 0.4) is 0 Å². The van der Waals surface area contributed by atoms with Gasteiger partial charge in [-0.2, -0.15) is 0 Å². The molecule has 3 rings (SSSR count). The van der Waals surface area contributed by atoms with Crippen molar-refractivity contribution in [3.8, 4) is 17.2 Å². The zero-order valence-electron chi connectivity index (χ0n) is 10.3. The van der Waals surface area contributed by atoms with Gasteiger partial charge in [-0.15, -0.1) is 0 Å². The third kappa shape index (κ3) is 2.27. The monoisotopic (exact) mass is 265 g/mol. The number of unbranched alkanes of at least 4 members (excludes halogenated alkanes) is 1. The molecule has 0 saturated heterocycles. The van der Waals surface area contributed by atoms with Crippen molar-refractivity contribution in [3.05, 3.63) is 12.1 Å². The van der Waals surface area contributed by atoms with E-state index >= 15 is 0 Å². The zero-order valence-corrected chi connectivity index (χ0v) is 11.1. The largest absolute Gasteiger partial charge is 0.485 e. The molecule has 1 aromatic rings. The zero-order chi connectivity index (χ0) is 12.4. The Balaban J connectivity index is 1.78. The molecule has 4 nitrogen and oxygen atoms in total. The molecule has 0 N–H and O–H groups in total. The van der Waals surface area contributed by atoms with Gasteiger partial charge in [0.1, 0.15) is 17.4 Å². The lowest BCUT2D eigenvalue weighted by Gasteiger charge is -2.18. The summed E-state index contributed by atoms with van der Waals surface area (Å²) in [5.74, 6) is 2.42. The van der Waals surface area contributed by atoms with Crippen LogP contribution in [0.25, 0.3) is 0 Å². The van der Waals surface area contributed by atoms with Crippen molar-refractivity contribution in [2.75, 3.05) is 19.9 Å². The minimum absolute atomic E-state index is 0.292. The van der Waals surface area contributed by atoms with Gasteiger partial charge >= 0.3 is 0 Å². The third-order valence-corrected chi connectivity index (χ3v) is 3.84. The van der Waals surface area contributed by atoms with Gasteiger partial charge in [-0.3, -0.25) is 4.99 Å². The number of rotatable bonds is 3. The van der Waals surface area contributed by atoms with E-state index in [1.54, 1.807) is 11.8 Å². The SMILES string of the molecule is CCCCN=C1COc2cc3c(cc2S1)OCO3. The van der Waals surface area contributed by atoms with E-state index in [2.05, 4.69) is 11.9 Å². The van der Waals surface area contributed by atoms with Crippen LogP contribution in [-0.2, 0) is 0 Å². The van der Waals surface area contributed by atoms with Gasteiger partial charge in [0.25, 0.3) is 0 Å². The summed E-state index contributed by atoms with van der Waals surface area (Å²) in [6, 6.07) is 3.87. The minimum atomic E-state index is 0.292. The fraction of sp³-hybridized carbons (Fsp3) is 0.462. The molecular weight excluding hydrogens is 250 g/mol. The average Bonchev–Trinajstić information content (AvgIpc) is 2.83. The third-order valence-electron chi connectivity index (χ3n) is 2.82. The van der Waals surface area contributed by atoms with Crippen molar-refractivity contribution >= 4 is 16.8 Å². The normalized spacial score (nSPS) is 18.6. The highest BCUT2D eigenvalue weighted by molar-refractivity contribution is 8.14. The molecule has 0 atom stereocenters. The molecule has 0 radical (unpaired) electrons. The first-order valence-electron chi connectivity index (χ1n) is 6.14. The van der Waals surface area contributed by atoms with Crippen molar-refractivity contribution < 1.29 is 14.2 Å². The molecule has 0 spiro atoms. The topological polar surface area (TPSA) is 40.0 Å². The van der Waals surface area contributed by atoms with E-state index in [0.29, 0.717) is 13.4 Å². The van der Waals surface area contributed by atoms with Gasteiger partial charge in [0, 0.05) is 18.7 Å². The second kappa shape index (κ2) is 5.10. The summed E-state index contributed by atoms with van der Waals surface area (Å²) < 4.78 is 16.4. The smallest absolute Gasteiger partial charge is 0.231 e. The Hall–Kier alpha value is -1.36. The van der Waals surface area contributed by atoms with E-state index in [4.69, 9.17) is 14.2 Å². The van der Waals surface area contributed by atoms with Crippen LogP contribution in [0.4, 0.5) is 0 Å². The number of hydrogen-bond donors (Lipinski definition) is 0. The van der Waals surface area contributed by atoms with E-state index in [0.717, 1.165) is 46.6 Å². The first kappa shape index (κ1) is 11.7. The minimum Gasteiger partial charge on any atom is -0.485 e. The second-order valence-corrected chi connectivity index (χ2v) is 5.29. The molecule has 0 fully saturated rings. The fourth-order valence-electron chi connectivity index (χ4n) is 1.83. The first-order chi connectivity index (χ1) is 8.86. The second-order valence-electron chi connectivity index (χ2n) is 4.17. The summed E-state index contributed by atoms with van der Waals surface area (Å²) in [6.07, 6.45) is 2.29. The Morgan fingerprint density at radius 1 is 1.17 bits per heavy atom. The summed E-state index contributed by atoms with van der Waals surface area (Å²) >= 11 is 1.66. The molecule has 0 saturated carbocycles. The number of benzene rings is 1. The van der Waals surface area contributed by atoms with Crippen molar-refractivity contribution in [2.45, 2.75) is 24.7 Å². The maximum atomic E-state index is 5.70. The Bertz CT molecular complexity index is 487. The molecule has 2 heterocycles. The summed E-state index contributed by atoms with van der Waals surface area (Å²) in [6.45, 7) is 3.89. The van der Waals surface area contributed by atoms with Crippen molar-refractivity contribution in [2.24, 2.45) is 4.99 Å². The average molecular weight is 265 g/mol. The summed E-state index contributed by atoms with van der Waals surface area (Å²) in [7, 11) is 0. The lowest BCUT2D eigenvalue weighted by atomic mass is 10.3. The number of aliphatic imine (C=N–C) groups is 1. The molecule has 0 aromatic heterocycles. The molecule has 1 aromatic carbocycles. The highest BCUT2D eigenvalue weighted by Gasteiger charge is 2.22. The van der Waals surface area contributed by atoms with E-state index < -0.39 is 0 Å². The van der Waals surface area contributed by atoms with Gasteiger partial charge in [0.2, 0.25) is 6.79 Å². The Labute approximate surface area is 110 Å². The molecular formula is C13H15NO3S. The molecule has 0 unspecified atom stereocenters. The maximum absolute atomic E-state index is 5.70. The predicted molar refractivity (Wildman–Crippen MR) is 71.1 cm³/mol. The molecule has 0 bridgehead atoms. The van der Waals surface area contributed by atoms with Crippen molar-refractivity contribution in [1.82, 2.24) is 0 Å². The number of hydrogen-bond acceptors (Lipinski definition) is 5. The number of fused-ring (bicyclic) bond motifs is 2. The van der Waals surface area contributed by atoms with E-state index in [1.165, 1.54) is 0 Å². The summed E-state index contributed by atoms with van der Waals surface area (Å²) in [5.41, 5.74) is 0. The van der Waals surface area contributed by atoms with Crippen LogP contribution in [0.1, 0.15) is 19.8 Å². The molecule has 0 amide bonds. The summed E-state index contributed by atoms with van der Waals surface area (Å²) in [5, 5.41) is 1.04. The van der Waals surface area contributed by atoms with Gasteiger partial charge in [0.15, 0.2) is 11.5 Å². The highest BCUT2D eigenvalue weighted by Crippen LogP contribution is 2.44. The lowest BCUT2D eigenvalue weighted by molar-refractivity contribution is 0.173. The van der Waals surface area contributed by atoms with Gasteiger partial charge in [0.05, 0.1) is 4.90 Å². The van der Waals surface area contributed by atoms with Crippen LogP contribution in [-0.4, -0.2) is 25.0 Å². The Kier molecular flexibility index (Phi) is 3.32. The maximum Gasteiger partial charge on any atom is 0.231 e. The fourth-order valence-corrected chi connectivity index (χ4v) is 2.74. The summed E-state index contributed by atoms with van der Waals surface area (Å²) in [4.78, 5) is 5.60. The molecule has 2 aliphatic rings. The van der Waals surface area contributed by atoms with Gasteiger partial charge in [-0.1, -0.05) is 25.1 Å². The molecule has 18 heavy (non-hydrogen) atoms. The van der Waals surface area contributed by atoms with Gasteiger partial charge in [-0.25, -0.2) is 0 Å². The molecule has 5 heteroatoms. The molecule has 96 valence electrons. The van der Waals surface area contributed by atoms with Gasteiger partial charge < -0.3 is 14.2 Å². The number of nitrogens with zero attached hydrogens (tertiary/aromatic N) is 1. The lowest BCUT2D eigenvalue weighted by Crippen LogP contribution is -2.13. The van der Waals surface area contributed by atoms with Crippen molar-refractivity contribution in [3.63, 3.8) is 0 Å². The number of ether oxygens (including phenoxy) is 3. The van der Waals surface area contributed by atoms with Crippen LogP contribution in [0.2, 0.25) is 0 Å². The predicted octanol–water partition coefficient (Wildman–Crippen LogP) is 3.10. The van der Waals surface area contributed by atoms with E-state index in [9.17, 15) is 0 Å². The van der Waals surface area contributed by atoms with Crippen molar-refractivity contribution in [1.29, 1.82) is 0 Å². The molecule has 0 aliphatic carbocycles. The quantitative estimate of drug-likeness (QED) is 0.787.